The zero-order valence-electron chi connectivity index (χ0n) is 11.1. The van der Waals surface area contributed by atoms with Gasteiger partial charge < -0.3 is 10.1 Å². The summed E-state index contributed by atoms with van der Waals surface area (Å²) in [6.07, 6.45) is 0.291. The lowest BCUT2D eigenvalue weighted by molar-refractivity contribution is -0.121. The molecule has 0 unspecified atom stereocenters. The molecule has 0 fully saturated rings. The summed E-state index contributed by atoms with van der Waals surface area (Å²) in [6, 6.07) is 5.43. The van der Waals surface area contributed by atoms with Crippen molar-refractivity contribution in [3.05, 3.63) is 29.3 Å². The number of benzene rings is 1. The molecule has 18 heavy (non-hydrogen) atoms. The van der Waals surface area contributed by atoms with Crippen LogP contribution in [0, 0.1) is 6.92 Å². The molecule has 0 aliphatic heterocycles. The van der Waals surface area contributed by atoms with Gasteiger partial charge in [-0.15, -0.1) is 0 Å². The molecular weight excluding hydrogens is 230 g/mol. The van der Waals surface area contributed by atoms with E-state index in [1.165, 1.54) is 6.92 Å². The first-order chi connectivity index (χ1) is 8.54. The number of ketones is 1. The van der Waals surface area contributed by atoms with Crippen LogP contribution in [0.5, 0.6) is 5.75 Å². The zero-order valence-corrected chi connectivity index (χ0v) is 11.1. The highest BCUT2D eigenvalue weighted by atomic mass is 16.5. The third-order valence-electron chi connectivity index (χ3n) is 2.48. The van der Waals surface area contributed by atoms with Gasteiger partial charge in [-0.1, -0.05) is 6.07 Å². The number of amides is 1. The zero-order chi connectivity index (χ0) is 13.5. The molecule has 0 saturated carbocycles. The number of nitrogens with one attached hydrogen (secondary N) is 1. The van der Waals surface area contributed by atoms with Crippen LogP contribution in [-0.2, 0) is 4.79 Å². The van der Waals surface area contributed by atoms with Gasteiger partial charge in [0.25, 0.3) is 0 Å². The molecule has 0 bridgehead atoms. The van der Waals surface area contributed by atoms with Crippen molar-refractivity contribution in [2.45, 2.75) is 27.2 Å². The fourth-order valence-electron chi connectivity index (χ4n) is 1.58. The lowest BCUT2D eigenvalue weighted by atomic mass is 10.1. The van der Waals surface area contributed by atoms with Crippen molar-refractivity contribution in [2.24, 2.45) is 0 Å². The van der Waals surface area contributed by atoms with Crippen molar-refractivity contribution in [2.75, 3.05) is 13.2 Å². The predicted octanol–water partition coefficient (Wildman–Crippen LogP) is 2.10. The van der Waals surface area contributed by atoms with Crippen LogP contribution in [0.3, 0.4) is 0 Å². The van der Waals surface area contributed by atoms with E-state index in [9.17, 15) is 9.59 Å². The monoisotopic (exact) mass is 249 g/mol. The summed E-state index contributed by atoms with van der Waals surface area (Å²) >= 11 is 0. The van der Waals surface area contributed by atoms with E-state index in [1.807, 2.05) is 26.0 Å². The fraction of sp³-hybridized carbons (Fsp3) is 0.429. The summed E-state index contributed by atoms with van der Waals surface area (Å²) in [5, 5.41) is 2.69. The molecule has 0 atom stereocenters. The number of aryl methyl sites for hydroxylation is 1. The van der Waals surface area contributed by atoms with Gasteiger partial charge in [0.15, 0.2) is 5.78 Å². The summed E-state index contributed by atoms with van der Waals surface area (Å²) in [7, 11) is 0. The van der Waals surface area contributed by atoms with Crippen LogP contribution >= 0.6 is 0 Å². The van der Waals surface area contributed by atoms with Crippen LogP contribution in [0.15, 0.2) is 18.2 Å². The van der Waals surface area contributed by atoms with E-state index in [1.54, 1.807) is 6.07 Å². The quantitative estimate of drug-likeness (QED) is 0.785. The number of Topliss-reactive ketones (excluding diaryl/α,β-unsaturated/α-hetero) is 1. The first-order valence-corrected chi connectivity index (χ1v) is 6.05. The standard InChI is InChI=1S/C14H19NO3/c1-4-15-14(17)7-8-18-13-9-10(2)5-6-12(13)11(3)16/h5-6,9H,4,7-8H2,1-3H3,(H,15,17). The smallest absolute Gasteiger partial charge is 0.223 e. The highest BCUT2D eigenvalue weighted by molar-refractivity contribution is 5.96. The summed E-state index contributed by atoms with van der Waals surface area (Å²) in [6.45, 7) is 6.19. The van der Waals surface area contributed by atoms with E-state index in [0.717, 1.165) is 5.56 Å². The van der Waals surface area contributed by atoms with Crippen LogP contribution in [-0.4, -0.2) is 24.8 Å². The number of carbonyl (C=O) groups is 2. The largest absolute Gasteiger partial charge is 0.492 e. The molecule has 4 nitrogen and oxygen atoms in total. The topological polar surface area (TPSA) is 55.4 Å². The molecule has 0 radical (unpaired) electrons. The van der Waals surface area contributed by atoms with Crippen molar-refractivity contribution in [1.29, 1.82) is 0 Å². The van der Waals surface area contributed by atoms with Crippen LogP contribution in [0.4, 0.5) is 0 Å². The van der Waals surface area contributed by atoms with E-state index in [2.05, 4.69) is 5.32 Å². The SMILES string of the molecule is CCNC(=O)CCOc1cc(C)ccc1C(C)=O. The first kappa shape index (κ1) is 14.2. The van der Waals surface area contributed by atoms with Crippen LogP contribution < -0.4 is 10.1 Å². The Hall–Kier alpha value is -1.84. The number of ether oxygens (including phenoxy) is 1. The molecule has 0 aromatic heterocycles. The van der Waals surface area contributed by atoms with Gasteiger partial charge in [-0.3, -0.25) is 9.59 Å². The van der Waals surface area contributed by atoms with E-state index in [-0.39, 0.29) is 18.3 Å². The Balaban J connectivity index is 2.63. The van der Waals surface area contributed by atoms with Gasteiger partial charge in [-0.05, 0) is 38.5 Å². The van der Waals surface area contributed by atoms with Crippen molar-refractivity contribution in [3.8, 4) is 5.75 Å². The normalized spacial score (nSPS) is 9.94. The molecule has 0 spiro atoms. The molecule has 0 saturated heterocycles. The maximum absolute atomic E-state index is 11.4. The highest BCUT2D eigenvalue weighted by Crippen LogP contribution is 2.20. The maximum atomic E-state index is 11.4. The molecule has 1 rings (SSSR count). The van der Waals surface area contributed by atoms with E-state index < -0.39 is 0 Å². The Morgan fingerprint density at radius 1 is 1.33 bits per heavy atom. The first-order valence-electron chi connectivity index (χ1n) is 6.05. The van der Waals surface area contributed by atoms with Crippen molar-refractivity contribution in [3.63, 3.8) is 0 Å². The minimum atomic E-state index is -0.0467. The van der Waals surface area contributed by atoms with Gasteiger partial charge in [0.2, 0.25) is 5.91 Å². The second-order valence-electron chi connectivity index (χ2n) is 4.11. The molecule has 1 amide bonds. The molecular formula is C14H19NO3. The predicted molar refractivity (Wildman–Crippen MR) is 70.0 cm³/mol. The number of carbonyl (C=O) groups excluding carboxylic acids is 2. The molecule has 0 aliphatic carbocycles. The lowest BCUT2D eigenvalue weighted by Gasteiger charge is -2.10. The van der Waals surface area contributed by atoms with Crippen molar-refractivity contribution >= 4 is 11.7 Å². The molecule has 0 heterocycles. The van der Waals surface area contributed by atoms with Crippen LogP contribution in [0.25, 0.3) is 0 Å². The summed E-state index contributed by atoms with van der Waals surface area (Å²) in [5.74, 6) is 0.462. The van der Waals surface area contributed by atoms with Gasteiger partial charge in [-0.2, -0.15) is 0 Å². The van der Waals surface area contributed by atoms with Gasteiger partial charge in [-0.25, -0.2) is 0 Å². The van der Waals surface area contributed by atoms with E-state index in [0.29, 0.717) is 24.3 Å². The minimum Gasteiger partial charge on any atom is -0.492 e. The molecule has 1 N–H and O–H groups in total. The average Bonchev–Trinajstić information content (AvgIpc) is 2.29. The third kappa shape index (κ3) is 4.20. The molecule has 0 aliphatic rings. The Kier molecular flexibility index (Phi) is 5.36. The van der Waals surface area contributed by atoms with Crippen molar-refractivity contribution < 1.29 is 14.3 Å². The van der Waals surface area contributed by atoms with Gasteiger partial charge >= 0.3 is 0 Å². The summed E-state index contributed by atoms with van der Waals surface area (Å²) < 4.78 is 5.51. The van der Waals surface area contributed by atoms with Crippen molar-refractivity contribution in [1.82, 2.24) is 5.32 Å². The third-order valence-corrected chi connectivity index (χ3v) is 2.48. The Morgan fingerprint density at radius 3 is 2.67 bits per heavy atom. The maximum Gasteiger partial charge on any atom is 0.223 e. The van der Waals surface area contributed by atoms with E-state index >= 15 is 0 Å². The lowest BCUT2D eigenvalue weighted by Crippen LogP contribution is -2.24. The van der Waals surface area contributed by atoms with Gasteiger partial charge in [0.05, 0.1) is 18.6 Å². The number of hydrogen-bond donors (Lipinski definition) is 1. The minimum absolute atomic E-state index is 0.0389. The summed E-state index contributed by atoms with van der Waals surface area (Å²) in [4.78, 5) is 22.7. The highest BCUT2D eigenvalue weighted by Gasteiger charge is 2.09. The second-order valence-corrected chi connectivity index (χ2v) is 4.11. The molecule has 4 heteroatoms. The average molecular weight is 249 g/mol. The Morgan fingerprint density at radius 2 is 2.06 bits per heavy atom. The molecule has 98 valence electrons. The second kappa shape index (κ2) is 6.79. The summed E-state index contributed by atoms with van der Waals surface area (Å²) in [5.41, 5.74) is 1.57. The Labute approximate surface area is 107 Å². The number of rotatable bonds is 6. The van der Waals surface area contributed by atoms with Crippen LogP contribution in [0.1, 0.15) is 36.2 Å². The molecule has 1 aromatic rings. The van der Waals surface area contributed by atoms with Crippen LogP contribution in [0.2, 0.25) is 0 Å². The Bertz CT molecular complexity index is 441. The van der Waals surface area contributed by atoms with E-state index in [4.69, 9.17) is 4.74 Å². The number of hydrogen-bond acceptors (Lipinski definition) is 3. The van der Waals surface area contributed by atoms with Gasteiger partial charge in [0.1, 0.15) is 5.75 Å². The fourth-order valence-corrected chi connectivity index (χ4v) is 1.58. The molecule has 1 aromatic carbocycles. The van der Waals surface area contributed by atoms with Gasteiger partial charge in [0, 0.05) is 6.54 Å².